The highest BCUT2D eigenvalue weighted by Gasteiger charge is 2.31. The molecule has 8 nitrogen and oxygen atoms in total. The molecular weight excluding hydrogens is 436 g/mol. The number of nitrogens with two attached hydrogens (primary N) is 1. The van der Waals surface area contributed by atoms with Gasteiger partial charge in [-0.05, 0) is 68.6 Å². The van der Waals surface area contributed by atoms with E-state index in [-0.39, 0.29) is 18.9 Å². The van der Waals surface area contributed by atoms with Crippen LogP contribution in [0.25, 0.3) is 0 Å². The molecule has 0 bridgehead atoms. The van der Waals surface area contributed by atoms with Crippen LogP contribution in [0.15, 0.2) is 18.2 Å². The van der Waals surface area contributed by atoms with Gasteiger partial charge in [0.05, 0.1) is 25.4 Å². The van der Waals surface area contributed by atoms with Crippen molar-refractivity contribution < 1.29 is 29.2 Å². The van der Waals surface area contributed by atoms with Gasteiger partial charge in [-0.1, -0.05) is 19.9 Å². The molecule has 0 radical (unpaired) electrons. The van der Waals surface area contributed by atoms with Gasteiger partial charge >= 0.3 is 0 Å². The van der Waals surface area contributed by atoms with Crippen LogP contribution in [-0.4, -0.2) is 68.3 Å². The summed E-state index contributed by atoms with van der Waals surface area (Å²) in [5.41, 5.74) is 6.16. The van der Waals surface area contributed by atoms with Crippen molar-refractivity contribution >= 4 is 5.91 Å². The van der Waals surface area contributed by atoms with Crippen LogP contribution in [0.5, 0.6) is 11.5 Å². The molecule has 0 saturated carbocycles. The number of ether oxygens (including phenoxy) is 3. The summed E-state index contributed by atoms with van der Waals surface area (Å²) in [5, 5.41) is 22.2. The fourth-order valence-corrected chi connectivity index (χ4v) is 3.89. The van der Waals surface area contributed by atoms with Gasteiger partial charge in [0.2, 0.25) is 5.91 Å². The Kier molecular flexibility index (Phi) is 14.1. The highest BCUT2D eigenvalue weighted by Crippen LogP contribution is 2.31. The van der Waals surface area contributed by atoms with E-state index in [1.165, 1.54) is 0 Å². The number of aliphatic hydroxyl groups is 2. The standard InChI is InChI=1S/C26H46N2O6/c1-19(2)21(9-10-22(30)18-26(3,27)25(31)28-12-6-13-29)16-20-8-11-23(33-5)24(17-20)34-15-7-14-32-4/h8,11,17,19,21-22,29-30H,6-7,9-10,12-16,18,27H2,1-5H3,(H,28,31)/t21-,22-,26+/m0/s1. The van der Waals surface area contributed by atoms with Gasteiger partial charge < -0.3 is 35.5 Å². The van der Waals surface area contributed by atoms with E-state index in [0.717, 1.165) is 30.6 Å². The maximum absolute atomic E-state index is 12.3. The molecule has 5 N–H and O–H groups in total. The summed E-state index contributed by atoms with van der Waals surface area (Å²) in [6.07, 6.45) is 3.03. The Labute approximate surface area is 205 Å². The van der Waals surface area contributed by atoms with Crippen molar-refractivity contribution in [3.8, 4) is 11.5 Å². The molecule has 34 heavy (non-hydrogen) atoms. The lowest BCUT2D eigenvalue weighted by Crippen LogP contribution is -2.53. The molecule has 0 heterocycles. The predicted molar refractivity (Wildman–Crippen MR) is 134 cm³/mol. The zero-order chi connectivity index (χ0) is 25.6. The quantitative estimate of drug-likeness (QED) is 0.237. The molecule has 0 fully saturated rings. The van der Waals surface area contributed by atoms with E-state index >= 15 is 0 Å². The summed E-state index contributed by atoms with van der Waals surface area (Å²) >= 11 is 0. The molecule has 0 saturated heterocycles. The Bertz CT molecular complexity index is 711. The number of carbonyl (C=O) groups excluding carboxylic acids is 1. The van der Waals surface area contributed by atoms with Crippen LogP contribution in [-0.2, 0) is 16.0 Å². The zero-order valence-corrected chi connectivity index (χ0v) is 21.6. The van der Waals surface area contributed by atoms with E-state index in [9.17, 15) is 9.90 Å². The Balaban J connectivity index is 2.69. The van der Waals surface area contributed by atoms with Gasteiger partial charge in [-0.25, -0.2) is 0 Å². The second kappa shape index (κ2) is 15.9. The van der Waals surface area contributed by atoms with E-state index in [1.807, 2.05) is 12.1 Å². The molecule has 0 aliphatic rings. The summed E-state index contributed by atoms with van der Waals surface area (Å²) in [6.45, 7) is 7.58. The Morgan fingerprint density at radius 2 is 1.88 bits per heavy atom. The van der Waals surface area contributed by atoms with Crippen LogP contribution in [0.1, 0.15) is 58.4 Å². The van der Waals surface area contributed by atoms with E-state index in [1.54, 1.807) is 21.1 Å². The van der Waals surface area contributed by atoms with Crippen molar-refractivity contribution in [1.82, 2.24) is 5.32 Å². The number of methoxy groups -OCH3 is 2. The Hall–Kier alpha value is -1.87. The molecule has 3 atom stereocenters. The van der Waals surface area contributed by atoms with Gasteiger partial charge in [0.25, 0.3) is 0 Å². The second-order valence-electron chi connectivity index (χ2n) is 9.57. The van der Waals surface area contributed by atoms with Crippen LogP contribution < -0.4 is 20.5 Å². The first kappa shape index (κ1) is 30.2. The van der Waals surface area contributed by atoms with Crippen molar-refractivity contribution in [2.24, 2.45) is 17.6 Å². The van der Waals surface area contributed by atoms with Gasteiger partial charge in [-0.15, -0.1) is 0 Å². The minimum absolute atomic E-state index is 0.0103. The number of nitrogens with one attached hydrogen (secondary N) is 1. The molecule has 196 valence electrons. The highest BCUT2D eigenvalue weighted by molar-refractivity contribution is 5.85. The fourth-order valence-electron chi connectivity index (χ4n) is 3.89. The van der Waals surface area contributed by atoms with Crippen LogP contribution in [0.3, 0.4) is 0 Å². The Morgan fingerprint density at radius 1 is 1.15 bits per heavy atom. The van der Waals surface area contributed by atoms with E-state index in [4.69, 9.17) is 25.1 Å². The number of benzene rings is 1. The minimum Gasteiger partial charge on any atom is -0.493 e. The van der Waals surface area contributed by atoms with Crippen molar-refractivity contribution in [3.05, 3.63) is 23.8 Å². The first-order valence-corrected chi connectivity index (χ1v) is 12.3. The Morgan fingerprint density at radius 3 is 2.50 bits per heavy atom. The molecule has 0 aromatic heterocycles. The maximum Gasteiger partial charge on any atom is 0.239 e. The summed E-state index contributed by atoms with van der Waals surface area (Å²) in [5.74, 6) is 1.90. The number of hydrogen-bond donors (Lipinski definition) is 4. The summed E-state index contributed by atoms with van der Waals surface area (Å²) in [4.78, 5) is 12.3. The third kappa shape index (κ3) is 11.0. The summed E-state index contributed by atoms with van der Waals surface area (Å²) < 4.78 is 16.4. The first-order valence-electron chi connectivity index (χ1n) is 12.3. The second-order valence-corrected chi connectivity index (χ2v) is 9.57. The number of amides is 1. The molecule has 0 aliphatic heterocycles. The molecule has 0 spiro atoms. The van der Waals surface area contributed by atoms with Crippen LogP contribution in [0.4, 0.5) is 0 Å². The zero-order valence-electron chi connectivity index (χ0n) is 21.6. The summed E-state index contributed by atoms with van der Waals surface area (Å²) in [7, 11) is 3.31. The van der Waals surface area contributed by atoms with Crippen molar-refractivity contribution in [3.63, 3.8) is 0 Å². The van der Waals surface area contributed by atoms with Gasteiger partial charge in [0, 0.05) is 33.3 Å². The molecule has 1 aromatic carbocycles. The first-order chi connectivity index (χ1) is 16.1. The largest absolute Gasteiger partial charge is 0.493 e. The molecule has 1 rings (SSSR count). The van der Waals surface area contributed by atoms with Gasteiger partial charge in [-0.3, -0.25) is 4.79 Å². The van der Waals surface area contributed by atoms with Crippen LogP contribution in [0, 0.1) is 11.8 Å². The van der Waals surface area contributed by atoms with Gasteiger partial charge in [-0.2, -0.15) is 0 Å². The average molecular weight is 483 g/mol. The van der Waals surface area contributed by atoms with E-state index in [2.05, 4.69) is 25.2 Å². The summed E-state index contributed by atoms with van der Waals surface area (Å²) in [6, 6.07) is 6.02. The lowest BCUT2D eigenvalue weighted by molar-refractivity contribution is -0.127. The smallest absolute Gasteiger partial charge is 0.239 e. The lowest BCUT2D eigenvalue weighted by Gasteiger charge is -2.28. The number of hydrogen-bond acceptors (Lipinski definition) is 7. The van der Waals surface area contributed by atoms with Crippen LogP contribution in [0.2, 0.25) is 0 Å². The highest BCUT2D eigenvalue weighted by atomic mass is 16.5. The number of aliphatic hydroxyl groups excluding tert-OH is 2. The topological polar surface area (TPSA) is 123 Å². The number of rotatable bonds is 18. The minimum atomic E-state index is -1.16. The normalized spacial score (nSPS) is 15.0. The molecule has 0 unspecified atom stereocenters. The fraction of sp³-hybridized carbons (Fsp3) is 0.731. The molecule has 1 amide bonds. The third-order valence-electron chi connectivity index (χ3n) is 6.09. The predicted octanol–water partition coefficient (Wildman–Crippen LogP) is 2.67. The monoisotopic (exact) mass is 482 g/mol. The van der Waals surface area contributed by atoms with Gasteiger partial charge in [0.1, 0.15) is 0 Å². The molecule has 0 aliphatic carbocycles. The average Bonchev–Trinajstić information content (AvgIpc) is 2.79. The SMILES string of the molecule is COCCCOc1cc(C[C@H](CC[C@H](O)C[C@@](C)(N)C(=O)NCCCO)C(C)C)ccc1OC. The third-order valence-corrected chi connectivity index (χ3v) is 6.09. The van der Waals surface area contributed by atoms with E-state index in [0.29, 0.717) is 50.2 Å². The van der Waals surface area contributed by atoms with E-state index < -0.39 is 11.6 Å². The molecule has 8 heteroatoms. The van der Waals surface area contributed by atoms with Crippen molar-refractivity contribution in [2.75, 3.05) is 40.6 Å². The molecule has 1 aromatic rings. The lowest BCUT2D eigenvalue weighted by atomic mass is 9.83. The number of carbonyl (C=O) groups is 1. The molecular formula is C26H46N2O6. The maximum atomic E-state index is 12.3. The van der Waals surface area contributed by atoms with Crippen LogP contribution >= 0.6 is 0 Å². The van der Waals surface area contributed by atoms with Crippen molar-refractivity contribution in [1.29, 1.82) is 0 Å². The van der Waals surface area contributed by atoms with Gasteiger partial charge in [0.15, 0.2) is 11.5 Å². The van der Waals surface area contributed by atoms with Crippen molar-refractivity contribution in [2.45, 2.75) is 70.9 Å².